The maximum Gasteiger partial charge on any atom is 0.279 e. The molecule has 3 N–H and O–H groups in total. The number of hydrogen-bond acceptors (Lipinski definition) is 3. The van der Waals surface area contributed by atoms with Crippen LogP contribution in [0.2, 0.25) is 0 Å². The molecule has 0 aliphatic rings. The lowest BCUT2D eigenvalue weighted by molar-refractivity contribution is -0.862. The fourth-order valence-corrected chi connectivity index (χ4v) is 2.29. The van der Waals surface area contributed by atoms with E-state index in [1.54, 1.807) is 25.2 Å². The van der Waals surface area contributed by atoms with Crippen molar-refractivity contribution in [2.75, 3.05) is 37.9 Å². The average Bonchev–Trinajstić information content (AvgIpc) is 2.57. The summed E-state index contributed by atoms with van der Waals surface area (Å²) >= 11 is 0. The third kappa shape index (κ3) is 5.89. The molecule has 2 aromatic rings. The summed E-state index contributed by atoms with van der Waals surface area (Å²) in [5.41, 5.74) is 1.09. The Morgan fingerprint density at radius 2 is 1.60 bits per heavy atom. The van der Waals surface area contributed by atoms with E-state index in [0.29, 0.717) is 22.0 Å². The number of likely N-dealkylation sites (N-methyl/N-ethyl adjacent to an activating group) is 1. The van der Waals surface area contributed by atoms with Crippen molar-refractivity contribution >= 4 is 23.2 Å². The number of ether oxygens (including phenoxy) is 1. The predicted molar refractivity (Wildman–Crippen MR) is 93.3 cm³/mol. The van der Waals surface area contributed by atoms with Gasteiger partial charge in [0.05, 0.1) is 19.8 Å². The van der Waals surface area contributed by atoms with Crippen LogP contribution in [0.3, 0.4) is 0 Å². The maximum absolute atomic E-state index is 12.8. The monoisotopic (exact) mass is 346 g/mol. The summed E-state index contributed by atoms with van der Waals surface area (Å²) in [6, 6.07) is 12.6. The number of carbonyl (C=O) groups excluding carboxylic acids is 2. The molecule has 6 nitrogen and oxygen atoms in total. The van der Waals surface area contributed by atoms with Crippen molar-refractivity contribution in [3.05, 3.63) is 54.3 Å². The molecule has 0 aromatic heterocycles. The highest BCUT2D eigenvalue weighted by atomic mass is 19.1. The number of anilines is 2. The van der Waals surface area contributed by atoms with E-state index in [0.717, 1.165) is 0 Å². The summed E-state index contributed by atoms with van der Waals surface area (Å²) in [5, 5.41) is 5.43. The molecule has 0 heterocycles. The van der Waals surface area contributed by atoms with Gasteiger partial charge >= 0.3 is 0 Å². The number of hydrogen-bond donors (Lipinski definition) is 3. The molecule has 0 saturated carbocycles. The molecule has 0 spiro atoms. The number of amides is 2. The number of benzene rings is 2. The average molecular weight is 346 g/mol. The fraction of sp³-hybridized carbons (Fsp3) is 0.222. The molecule has 1 atom stereocenters. The van der Waals surface area contributed by atoms with Crippen LogP contribution >= 0.6 is 0 Å². The molecule has 2 rings (SSSR count). The van der Waals surface area contributed by atoms with Gasteiger partial charge in [0.1, 0.15) is 11.6 Å². The summed E-state index contributed by atoms with van der Waals surface area (Å²) in [4.78, 5) is 24.8. The van der Waals surface area contributed by atoms with E-state index in [4.69, 9.17) is 4.74 Å². The lowest BCUT2D eigenvalue weighted by Crippen LogP contribution is -3.11. The van der Waals surface area contributed by atoms with Crippen molar-refractivity contribution in [2.45, 2.75) is 0 Å². The van der Waals surface area contributed by atoms with Gasteiger partial charge in [-0.15, -0.1) is 0 Å². The topological polar surface area (TPSA) is 71.9 Å². The van der Waals surface area contributed by atoms with Crippen LogP contribution in [0.5, 0.6) is 5.75 Å². The first kappa shape index (κ1) is 18.4. The van der Waals surface area contributed by atoms with Crippen LogP contribution in [0.4, 0.5) is 15.8 Å². The van der Waals surface area contributed by atoms with E-state index in [9.17, 15) is 14.0 Å². The van der Waals surface area contributed by atoms with Crippen LogP contribution in [0.1, 0.15) is 0 Å². The zero-order valence-corrected chi connectivity index (χ0v) is 14.1. The minimum atomic E-state index is -0.367. The van der Waals surface area contributed by atoms with Gasteiger partial charge in [0, 0.05) is 5.69 Å². The van der Waals surface area contributed by atoms with E-state index < -0.39 is 0 Å². The molecule has 7 heteroatoms. The Morgan fingerprint density at radius 3 is 2.24 bits per heavy atom. The second-order valence-electron chi connectivity index (χ2n) is 5.61. The molecule has 2 amide bonds. The zero-order chi connectivity index (χ0) is 18.2. The van der Waals surface area contributed by atoms with Crippen LogP contribution < -0.4 is 20.3 Å². The number of nitrogens with one attached hydrogen (secondary N) is 3. The van der Waals surface area contributed by atoms with Crippen molar-refractivity contribution in [3.8, 4) is 5.75 Å². The molecular weight excluding hydrogens is 325 g/mol. The second kappa shape index (κ2) is 8.79. The van der Waals surface area contributed by atoms with E-state index in [1.807, 2.05) is 6.07 Å². The standard InChI is InChI=1S/C18H20FN3O3/c1-22(11-17(23)20-14-9-7-13(19)8-10-14)12-18(24)21-15-5-3-4-6-16(15)25-2/h3-10H,11-12H2,1-2H3,(H,20,23)(H,21,24)/p+1. The van der Waals surface area contributed by atoms with Gasteiger partial charge in [-0.3, -0.25) is 9.59 Å². The highest BCUT2D eigenvalue weighted by Crippen LogP contribution is 2.22. The molecule has 0 aliphatic heterocycles. The molecule has 2 aromatic carbocycles. The lowest BCUT2D eigenvalue weighted by atomic mass is 10.3. The van der Waals surface area contributed by atoms with Gasteiger partial charge in [0.15, 0.2) is 13.1 Å². The molecule has 0 saturated heterocycles. The Kier molecular flexibility index (Phi) is 6.47. The predicted octanol–water partition coefficient (Wildman–Crippen LogP) is 0.926. The number of carbonyl (C=O) groups is 2. The molecule has 0 bridgehead atoms. The van der Waals surface area contributed by atoms with Gasteiger partial charge in [0.2, 0.25) is 0 Å². The van der Waals surface area contributed by atoms with Gasteiger partial charge in [-0.2, -0.15) is 0 Å². The van der Waals surface area contributed by atoms with E-state index in [2.05, 4.69) is 10.6 Å². The number of para-hydroxylation sites is 2. The lowest BCUT2D eigenvalue weighted by Gasteiger charge is -2.14. The minimum Gasteiger partial charge on any atom is -0.495 e. The van der Waals surface area contributed by atoms with Crippen LogP contribution in [-0.2, 0) is 9.59 Å². The van der Waals surface area contributed by atoms with Crippen LogP contribution in [0.15, 0.2) is 48.5 Å². The smallest absolute Gasteiger partial charge is 0.279 e. The third-order valence-corrected chi connectivity index (χ3v) is 3.43. The van der Waals surface area contributed by atoms with Gasteiger partial charge in [-0.1, -0.05) is 12.1 Å². The molecule has 0 aliphatic carbocycles. The van der Waals surface area contributed by atoms with Crippen LogP contribution in [0, 0.1) is 5.82 Å². The fourth-order valence-electron chi connectivity index (χ4n) is 2.29. The first-order chi connectivity index (χ1) is 12.0. The van der Waals surface area contributed by atoms with Crippen molar-refractivity contribution in [1.82, 2.24) is 0 Å². The molecule has 1 unspecified atom stereocenters. The van der Waals surface area contributed by atoms with Gasteiger partial charge < -0.3 is 20.3 Å². The maximum atomic E-state index is 12.8. The zero-order valence-electron chi connectivity index (χ0n) is 14.1. The SMILES string of the molecule is COc1ccccc1NC(=O)C[NH+](C)CC(=O)Nc1ccc(F)cc1. The molecule has 25 heavy (non-hydrogen) atoms. The Balaban J connectivity index is 1.82. The Labute approximate surface area is 145 Å². The van der Waals surface area contributed by atoms with Crippen LogP contribution in [-0.4, -0.2) is 39.1 Å². The number of quaternary nitrogens is 1. The largest absolute Gasteiger partial charge is 0.495 e. The highest BCUT2D eigenvalue weighted by molar-refractivity contribution is 5.94. The summed E-state index contributed by atoms with van der Waals surface area (Å²) in [7, 11) is 3.27. The Morgan fingerprint density at radius 1 is 1.00 bits per heavy atom. The van der Waals surface area contributed by atoms with Crippen molar-refractivity contribution in [3.63, 3.8) is 0 Å². The molecule has 132 valence electrons. The van der Waals surface area contributed by atoms with Crippen molar-refractivity contribution < 1.29 is 23.6 Å². The van der Waals surface area contributed by atoms with Gasteiger partial charge in [-0.25, -0.2) is 4.39 Å². The van der Waals surface area contributed by atoms with Gasteiger partial charge in [-0.05, 0) is 36.4 Å². The van der Waals surface area contributed by atoms with Crippen molar-refractivity contribution in [1.29, 1.82) is 0 Å². The van der Waals surface area contributed by atoms with E-state index in [1.165, 1.54) is 31.4 Å². The summed E-state index contributed by atoms with van der Waals surface area (Å²) in [6.45, 7) is 0.228. The summed E-state index contributed by atoms with van der Waals surface area (Å²) < 4.78 is 18.0. The Hall–Kier alpha value is -2.93. The Bertz CT molecular complexity index is 735. The van der Waals surface area contributed by atoms with Gasteiger partial charge in [0.25, 0.3) is 11.8 Å². The normalized spacial score (nSPS) is 11.5. The molecular formula is C18H21FN3O3+. The molecule has 0 radical (unpaired) electrons. The number of methoxy groups -OCH3 is 1. The first-order valence-electron chi connectivity index (χ1n) is 7.77. The minimum absolute atomic E-state index is 0.108. The van der Waals surface area contributed by atoms with E-state index >= 15 is 0 Å². The third-order valence-electron chi connectivity index (χ3n) is 3.43. The van der Waals surface area contributed by atoms with E-state index in [-0.39, 0.29) is 30.7 Å². The quantitative estimate of drug-likeness (QED) is 0.698. The van der Waals surface area contributed by atoms with Crippen molar-refractivity contribution in [2.24, 2.45) is 0 Å². The second-order valence-corrected chi connectivity index (χ2v) is 5.61. The number of halogens is 1. The number of rotatable bonds is 7. The highest BCUT2D eigenvalue weighted by Gasteiger charge is 2.15. The first-order valence-corrected chi connectivity index (χ1v) is 7.77. The van der Waals surface area contributed by atoms with Crippen LogP contribution in [0.25, 0.3) is 0 Å². The summed E-state index contributed by atoms with van der Waals surface area (Å²) in [6.07, 6.45) is 0. The molecule has 0 fully saturated rings. The summed E-state index contributed by atoms with van der Waals surface area (Å²) in [5.74, 6) is -0.276.